The number of hydrogen-bond donors (Lipinski definition) is 1. The fourth-order valence-corrected chi connectivity index (χ4v) is 1.91. The molecule has 1 aromatic carbocycles. The fourth-order valence-electron chi connectivity index (χ4n) is 1.03. The molecule has 0 amide bonds. The van der Waals surface area contributed by atoms with Gasteiger partial charge in [0, 0.05) is 15.7 Å². The summed E-state index contributed by atoms with van der Waals surface area (Å²) in [7, 11) is 0. The Labute approximate surface area is 93.8 Å². The van der Waals surface area contributed by atoms with Crippen LogP contribution in [0.2, 0.25) is 0 Å². The largest absolute Gasteiger partial charge is 0.389 e. The third kappa shape index (κ3) is 3.74. The van der Waals surface area contributed by atoms with Gasteiger partial charge in [-0.25, -0.2) is 0 Å². The van der Waals surface area contributed by atoms with Crippen molar-refractivity contribution in [3.05, 3.63) is 41.4 Å². The van der Waals surface area contributed by atoms with Crippen molar-refractivity contribution in [2.75, 3.05) is 5.75 Å². The minimum atomic E-state index is -0.422. The van der Waals surface area contributed by atoms with E-state index in [1.54, 1.807) is 18.7 Å². The van der Waals surface area contributed by atoms with Gasteiger partial charge in [0.15, 0.2) is 0 Å². The lowest BCUT2D eigenvalue weighted by atomic mass is 10.1. The zero-order valence-corrected chi connectivity index (χ0v) is 9.61. The maximum Gasteiger partial charge on any atom is 0.0762 e. The molecule has 0 bridgehead atoms. The summed E-state index contributed by atoms with van der Waals surface area (Å²) in [6.07, 6.45) is -0.422. The Kier molecular flexibility index (Phi) is 4.52. The summed E-state index contributed by atoms with van der Waals surface area (Å²) in [5.74, 6) is 0.699. The lowest BCUT2D eigenvalue weighted by Gasteiger charge is -2.06. The highest BCUT2D eigenvalue weighted by Crippen LogP contribution is 2.24. The third-order valence-electron chi connectivity index (χ3n) is 1.74. The number of hydrogen-bond acceptors (Lipinski definition) is 2. The molecule has 1 unspecified atom stereocenters. The highest BCUT2D eigenvalue weighted by molar-refractivity contribution is 7.99. The molecule has 0 spiro atoms. The van der Waals surface area contributed by atoms with E-state index in [1.807, 2.05) is 24.3 Å². The van der Waals surface area contributed by atoms with Crippen molar-refractivity contribution in [3.8, 4) is 0 Å². The Morgan fingerprint density at radius 3 is 2.93 bits per heavy atom. The molecule has 1 nitrogen and oxygen atoms in total. The fraction of sp³-hybridized carbons (Fsp3) is 0.273. The van der Waals surface area contributed by atoms with Crippen LogP contribution in [0.15, 0.2) is 40.8 Å². The molecule has 0 saturated heterocycles. The van der Waals surface area contributed by atoms with E-state index in [0.29, 0.717) is 10.8 Å². The number of halogens is 1. The molecule has 0 heterocycles. The highest BCUT2D eigenvalue weighted by atomic mass is 35.5. The van der Waals surface area contributed by atoms with Gasteiger partial charge in [-0.15, -0.1) is 11.8 Å². The number of aliphatic hydroxyl groups is 1. The van der Waals surface area contributed by atoms with Gasteiger partial charge in [-0.2, -0.15) is 0 Å². The summed E-state index contributed by atoms with van der Waals surface area (Å²) >= 11 is 7.28. The van der Waals surface area contributed by atoms with Crippen LogP contribution in [0.4, 0.5) is 0 Å². The SMILES string of the molecule is C=C(Cl)CSc1cccc(C(C)O)c1. The average Bonchev–Trinajstić information content (AvgIpc) is 2.15. The molecule has 14 heavy (non-hydrogen) atoms. The van der Waals surface area contributed by atoms with E-state index in [2.05, 4.69) is 6.58 Å². The monoisotopic (exact) mass is 228 g/mol. The standard InChI is InChI=1S/C11H13ClOS/c1-8(12)7-14-11-5-3-4-10(6-11)9(2)13/h3-6,9,13H,1,7H2,2H3. The van der Waals surface area contributed by atoms with Crippen molar-refractivity contribution in [2.24, 2.45) is 0 Å². The Hall–Kier alpha value is -0.440. The maximum atomic E-state index is 9.37. The van der Waals surface area contributed by atoms with Gasteiger partial charge in [-0.3, -0.25) is 0 Å². The lowest BCUT2D eigenvalue weighted by molar-refractivity contribution is 0.199. The Morgan fingerprint density at radius 1 is 1.64 bits per heavy atom. The molecule has 3 heteroatoms. The van der Waals surface area contributed by atoms with Crippen molar-refractivity contribution in [2.45, 2.75) is 17.9 Å². The van der Waals surface area contributed by atoms with E-state index < -0.39 is 6.10 Å². The number of benzene rings is 1. The Balaban J connectivity index is 2.68. The van der Waals surface area contributed by atoms with Crippen LogP contribution < -0.4 is 0 Å². The molecule has 1 N–H and O–H groups in total. The Morgan fingerprint density at radius 2 is 2.36 bits per heavy atom. The normalized spacial score (nSPS) is 12.5. The predicted molar refractivity (Wildman–Crippen MR) is 62.8 cm³/mol. The third-order valence-corrected chi connectivity index (χ3v) is 3.11. The second-order valence-corrected chi connectivity index (χ2v) is 4.64. The van der Waals surface area contributed by atoms with Gasteiger partial charge in [-0.1, -0.05) is 30.3 Å². The van der Waals surface area contributed by atoms with Crippen molar-refractivity contribution >= 4 is 23.4 Å². The van der Waals surface area contributed by atoms with E-state index in [0.717, 1.165) is 10.5 Å². The molecule has 0 aliphatic heterocycles. The van der Waals surface area contributed by atoms with E-state index in [-0.39, 0.29) is 0 Å². The molecule has 1 aromatic rings. The summed E-state index contributed by atoms with van der Waals surface area (Å²) in [6.45, 7) is 5.38. The second kappa shape index (κ2) is 5.44. The van der Waals surface area contributed by atoms with Crippen LogP contribution in [0.5, 0.6) is 0 Å². The first-order valence-corrected chi connectivity index (χ1v) is 5.70. The van der Waals surface area contributed by atoms with Crippen LogP contribution in [0, 0.1) is 0 Å². The molecule has 1 atom stereocenters. The quantitative estimate of drug-likeness (QED) is 0.795. The molecule has 0 radical (unpaired) electrons. The molecule has 1 rings (SSSR count). The highest BCUT2D eigenvalue weighted by Gasteiger charge is 2.01. The van der Waals surface area contributed by atoms with Crippen molar-refractivity contribution < 1.29 is 5.11 Å². The minimum Gasteiger partial charge on any atom is -0.389 e. The lowest BCUT2D eigenvalue weighted by Crippen LogP contribution is -1.90. The van der Waals surface area contributed by atoms with Crippen LogP contribution >= 0.6 is 23.4 Å². The van der Waals surface area contributed by atoms with Gasteiger partial charge < -0.3 is 5.11 Å². The van der Waals surface area contributed by atoms with Gasteiger partial charge in [0.05, 0.1) is 6.10 Å². The topological polar surface area (TPSA) is 20.2 Å². The van der Waals surface area contributed by atoms with E-state index in [4.69, 9.17) is 11.6 Å². The van der Waals surface area contributed by atoms with Crippen molar-refractivity contribution in [1.29, 1.82) is 0 Å². The summed E-state index contributed by atoms with van der Waals surface area (Å²) in [4.78, 5) is 1.10. The zero-order chi connectivity index (χ0) is 10.6. The molecular formula is C11H13ClOS. The summed E-state index contributed by atoms with van der Waals surface area (Å²) in [5.41, 5.74) is 0.926. The van der Waals surface area contributed by atoms with Crippen LogP contribution in [-0.2, 0) is 0 Å². The predicted octanol–water partition coefficient (Wildman–Crippen LogP) is 3.58. The first kappa shape index (κ1) is 11.6. The molecule has 0 aliphatic rings. The first-order valence-electron chi connectivity index (χ1n) is 4.33. The smallest absolute Gasteiger partial charge is 0.0762 e. The van der Waals surface area contributed by atoms with Crippen LogP contribution in [0.25, 0.3) is 0 Å². The number of aliphatic hydroxyl groups excluding tert-OH is 1. The van der Waals surface area contributed by atoms with Gasteiger partial charge in [-0.05, 0) is 24.6 Å². The van der Waals surface area contributed by atoms with Crippen LogP contribution in [0.1, 0.15) is 18.6 Å². The molecule has 0 saturated carbocycles. The van der Waals surface area contributed by atoms with Gasteiger partial charge >= 0.3 is 0 Å². The average molecular weight is 229 g/mol. The van der Waals surface area contributed by atoms with Crippen LogP contribution in [-0.4, -0.2) is 10.9 Å². The van der Waals surface area contributed by atoms with Crippen LogP contribution in [0.3, 0.4) is 0 Å². The molecule has 0 aliphatic carbocycles. The van der Waals surface area contributed by atoms with Gasteiger partial charge in [0.25, 0.3) is 0 Å². The van der Waals surface area contributed by atoms with E-state index >= 15 is 0 Å². The summed E-state index contributed by atoms with van der Waals surface area (Å²) in [6, 6.07) is 7.80. The maximum absolute atomic E-state index is 9.37. The molecule has 0 fully saturated rings. The zero-order valence-electron chi connectivity index (χ0n) is 8.03. The number of thioether (sulfide) groups is 1. The number of rotatable bonds is 4. The van der Waals surface area contributed by atoms with Crippen molar-refractivity contribution in [3.63, 3.8) is 0 Å². The van der Waals surface area contributed by atoms with Gasteiger partial charge in [0.1, 0.15) is 0 Å². The molecular weight excluding hydrogens is 216 g/mol. The summed E-state index contributed by atoms with van der Waals surface area (Å²) < 4.78 is 0. The molecule has 76 valence electrons. The van der Waals surface area contributed by atoms with E-state index in [9.17, 15) is 5.11 Å². The first-order chi connectivity index (χ1) is 6.59. The van der Waals surface area contributed by atoms with Crippen molar-refractivity contribution in [1.82, 2.24) is 0 Å². The van der Waals surface area contributed by atoms with E-state index in [1.165, 1.54) is 0 Å². The van der Waals surface area contributed by atoms with Gasteiger partial charge in [0.2, 0.25) is 0 Å². The molecule has 0 aromatic heterocycles. The summed E-state index contributed by atoms with van der Waals surface area (Å²) in [5, 5.41) is 10.0. The minimum absolute atomic E-state index is 0.422. The Bertz CT molecular complexity index is 323. The second-order valence-electron chi connectivity index (χ2n) is 3.05.